The standard InChI is InChI=1S/C26H20ClN3O3/c1-17(31)33-26-23(15-20-11-7-13-32-20)29-25-22(14-19-10-5-6-12-21(19)27)28-24(16-30(25)26)18-8-3-2-4-9-18/h2-13,16H,14-15H2,1H3. The lowest BCUT2D eigenvalue weighted by Crippen LogP contribution is -2.07. The van der Waals surface area contributed by atoms with E-state index in [4.69, 9.17) is 30.7 Å². The van der Waals surface area contributed by atoms with Crippen molar-refractivity contribution >= 4 is 23.2 Å². The highest BCUT2D eigenvalue weighted by molar-refractivity contribution is 6.31. The fraction of sp³-hybridized carbons (Fsp3) is 0.115. The second kappa shape index (κ2) is 8.92. The molecule has 164 valence electrons. The number of aromatic nitrogens is 3. The SMILES string of the molecule is CC(=O)Oc1c(Cc2ccco2)nc2c(Cc3ccccc3Cl)nc(-c3ccccc3)cn12. The van der Waals surface area contributed by atoms with Gasteiger partial charge in [0.2, 0.25) is 5.88 Å². The van der Waals surface area contributed by atoms with Crippen LogP contribution in [-0.2, 0) is 17.6 Å². The Kier molecular flexibility index (Phi) is 5.67. The van der Waals surface area contributed by atoms with Gasteiger partial charge in [0.05, 0.1) is 24.1 Å². The number of carbonyl (C=O) groups excluding carboxylic acids is 1. The summed E-state index contributed by atoms with van der Waals surface area (Å²) in [6, 6.07) is 21.2. The molecule has 0 aliphatic rings. The van der Waals surface area contributed by atoms with E-state index in [9.17, 15) is 4.79 Å². The van der Waals surface area contributed by atoms with Crippen molar-refractivity contribution < 1.29 is 13.9 Å². The van der Waals surface area contributed by atoms with E-state index in [0.29, 0.717) is 35.1 Å². The molecule has 0 bridgehead atoms. The van der Waals surface area contributed by atoms with Crippen molar-refractivity contribution in [3.05, 3.63) is 107 Å². The van der Waals surface area contributed by atoms with E-state index in [1.54, 1.807) is 10.7 Å². The molecule has 0 aliphatic carbocycles. The van der Waals surface area contributed by atoms with E-state index in [1.807, 2.05) is 72.9 Å². The molecular formula is C26H20ClN3O3. The second-order valence-corrected chi connectivity index (χ2v) is 8.02. The third kappa shape index (κ3) is 4.38. The minimum absolute atomic E-state index is 0.355. The van der Waals surface area contributed by atoms with Gasteiger partial charge in [-0.1, -0.05) is 60.1 Å². The topological polar surface area (TPSA) is 69.6 Å². The normalized spacial score (nSPS) is 11.1. The number of fused-ring (bicyclic) bond motifs is 1. The van der Waals surface area contributed by atoms with Gasteiger partial charge in [0.15, 0.2) is 5.65 Å². The Hall–Kier alpha value is -3.90. The summed E-state index contributed by atoms with van der Waals surface area (Å²) in [5.74, 6) is 0.646. The monoisotopic (exact) mass is 457 g/mol. The molecule has 0 saturated heterocycles. The third-order valence-electron chi connectivity index (χ3n) is 5.25. The number of furan rings is 1. The van der Waals surface area contributed by atoms with Crippen LogP contribution in [0.2, 0.25) is 5.02 Å². The molecule has 0 saturated carbocycles. The van der Waals surface area contributed by atoms with Gasteiger partial charge in [-0.3, -0.25) is 9.20 Å². The first-order valence-electron chi connectivity index (χ1n) is 10.5. The van der Waals surface area contributed by atoms with Gasteiger partial charge in [-0.15, -0.1) is 0 Å². The Morgan fingerprint density at radius 3 is 2.48 bits per heavy atom. The van der Waals surface area contributed by atoms with Gasteiger partial charge in [0.25, 0.3) is 0 Å². The average Bonchev–Trinajstić information content (AvgIpc) is 3.44. The van der Waals surface area contributed by atoms with Crippen molar-refractivity contribution in [2.75, 3.05) is 0 Å². The first-order valence-corrected chi connectivity index (χ1v) is 10.9. The largest absolute Gasteiger partial charge is 0.469 e. The highest BCUT2D eigenvalue weighted by Gasteiger charge is 2.21. The molecule has 5 aromatic rings. The predicted molar refractivity (Wildman–Crippen MR) is 126 cm³/mol. The van der Waals surface area contributed by atoms with Crippen LogP contribution in [0, 0.1) is 0 Å². The molecule has 0 aliphatic heterocycles. The maximum atomic E-state index is 12.0. The van der Waals surface area contributed by atoms with Crippen molar-refractivity contribution in [2.24, 2.45) is 0 Å². The van der Waals surface area contributed by atoms with Gasteiger partial charge < -0.3 is 9.15 Å². The Morgan fingerprint density at radius 1 is 0.970 bits per heavy atom. The zero-order valence-electron chi connectivity index (χ0n) is 17.9. The molecule has 3 heterocycles. The number of halogens is 1. The van der Waals surface area contributed by atoms with Gasteiger partial charge in [-0.2, -0.15) is 0 Å². The van der Waals surface area contributed by atoms with Crippen molar-refractivity contribution in [1.82, 2.24) is 14.4 Å². The first-order chi connectivity index (χ1) is 16.1. The smallest absolute Gasteiger partial charge is 0.309 e. The lowest BCUT2D eigenvalue weighted by atomic mass is 10.1. The number of rotatable bonds is 6. The van der Waals surface area contributed by atoms with Crippen molar-refractivity contribution in [1.29, 1.82) is 0 Å². The van der Waals surface area contributed by atoms with E-state index in [-0.39, 0.29) is 0 Å². The number of esters is 1. The van der Waals surface area contributed by atoms with Crippen LogP contribution >= 0.6 is 11.6 Å². The Labute approximate surface area is 195 Å². The minimum Gasteiger partial charge on any atom is -0.469 e. The Balaban J connectivity index is 1.73. The van der Waals surface area contributed by atoms with Crippen LogP contribution in [0.1, 0.15) is 29.6 Å². The van der Waals surface area contributed by atoms with Crippen LogP contribution in [0.5, 0.6) is 5.88 Å². The number of nitrogens with zero attached hydrogens (tertiary/aromatic N) is 3. The molecule has 5 rings (SSSR count). The fourth-order valence-corrected chi connectivity index (χ4v) is 3.96. The molecule has 0 spiro atoms. The van der Waals surface area contributed by atoms with Crippen LogP contribution in [0.15, 0.2) is 83.6 Å². The maximum absolute atomic E-state index is 12.0. The summed E-state index contributed by atoms with van der Waals surface area (Å²) >= 11 is 6.45. The van der Waals surface area contributed by atoms with Crippen LogP contribution in [0.4, 0.5) is 0 Å². The Bertz CT molecular complexity index is 1430. The molecule has 2 aromatic carbocycles. The van der Waals surface area contributed by atoms with E-state index >= 15 is 0 Å². The average molecular weight is 458 g/mol. The van der Waals surface area contributed by atoms with Crippen molar-refractivity contribution in [3.8, 4) is 17.1 Å². The first kappa shape index (κ1) is 21.0. The van der Waals surface area contributed by atoms with E-state index in [2.05, 4.69) is 0 Å². The Morgan fingerprint density at radius 2 is 1.76 bits per heavy atom. The van der Waals surface area contributed by atoms with Gasteiger partial charge in [0, 0.05) is 30.1 Å². The van der Waals surface area contributed by atoms with Crippen LogP contribution in [-0.4, -0.2) is 20.3 Å². The number of benzene rings is 2. The number of ether oxygens (including phenoxy) is 1. The lowest BCUT2D eigenvalue weighted by Gasteiger charge is -2.10. The molecular weight excluding hydrogens is 438 g/mol. The molecule has 0 atom stereocenters. The summed E-state index contributed by atoms with van der Waals surface area (Å²) in [4.78, 5) is 21.7. The molecule has 33 heavy (non-hydrogen) atoms. The fourth-order valence-electron chi connectivity index (χ4n) is 3.76. The summed E-state index contributed by atoms with van der Waals surface area (Å²) in [5, 5.41) is 0.658. The molecule has 0 fully saturated rings. The highest BCUT2D eigenvalue weighted by Crippen LogP contribution is 2.30. The summed E-state index contributed by atoms with van der Waals surface area (Å²) in [5.41, 5.74) is 4.53. The van der Waals surface area contributed by atoms with Crippen molar-refractivity contribution in [3.63, 3.8) is 0 Å². The predicted octanol–water partition coefficient (Wildman–Crippen LogP) is 5.75. The zero-order valence-corrected chi connectivity index (χ0v) is 18.6. The summed E-state index contributed by atoms with van der Waals surface area (Å²) in [6.07, 6.45) is 4.30. The van der Waals surface area contributed by atoms with Gasteiger partial charge in [-0.05, 0) is 23.8 Å². The summed E-state index contributed by atoms with van der Waals surface area (Å²) in [6.45, 7) is 1.38. The lowest BCUT2D eigenvalue weighted by molar-refractivity contribution is -0.132. The van der Waals surface area contributed by atoms with Crippen LogP contribution < -0.4 is 4.74 Å². The molecule has 3 aromatic heterocycles. The molecule has 0 radical (unpaired) electrons. The van der Waals surface area contributed by atoms with E-state index in [0.717, 1.165) is 28.3 Å². The molecule has 6 nitrogen and oxygen atoms in total. The molecule has 0 amide bonds. The number of imidazole rings is 1. The van der Waals surface area contributed by atoms with E-state index in [1.165, 1.54) is 6.92 Å². The quantitative estimate of drug-likeness (QED) is 0.304. The summed E-state index contributed by atoms with van der Waals surface area (Å²) in [7, 11) is 0. The number of hydrogen-bond acceptors (Lipinski definition) is 5. The van der Waals surface area contributed by atoms with Gasteiger partial charge in [-0.25, -0.2) is 9.97 Å². The van der Waals surface area contributed by atoms with Crippen molar-refractivity contribution in [2.45, 2.75) is 19.8 Å². The van der Waals surface area contributed by atoms with Gasteiger partial charge >= 0.3 is 5.97 Å². The molecule has 0 N–H and O–H groups in total. The zero-order chi connectivity index (χ0) is 22.8. The van der Waals surface area contributed by atoms with Gasteiger partial charge in [0.1, 0.15) is 11.5 Å². The highest BCUT2D eigenvalue weighted by atomic mass is 35.5. The molecule has 0 unspecified atom stereocenters. The number of carbonyl (C=O) groups is 1. The van der Waals surface area contributed by atoms with Crippen LogP contribution in [0.25, 0.3) is 16.9 Å². The third-order valence-corrected chi connectivity index (χ3v) is 5.62. The number of hydrogen-bond donors (Lipinski definition) is 0. The van der Waals surface area contributed by atoms with Crippen LogP contribution in [0.3, 0.4) is 0 Å². The maximum Gasteiger partial charge on any atom is 0.309 e. The summed E-state index contributed by atoms with van der Waals surface area (Å²) < 4.78 is 12.9. The van der Waals surface area contributed by atoms with E-state index < -0.39 is 5.97 Å². The minimum atomic E-state index is -0.428. The molecule has 7 heteroatoms. The second-order valence-electron chi connectivity index (χ2n) is 7.61.